The summed E-state index contributed by atoms with van der Waals surface area (Å²) in [6.07, 6.45) is 3.96. The molecule has 0 amide bonds. The third kappa shape index (κ3) is 9.65. The fraction of sp³-hybridized carbons (Fsp3) is 0.435. The minimum Gasteiger partial charge on any atom is -0.258 e. The minimum atomic E-state index is 0.254. The lowest BCUT2D eigenvalue weighted by Gasteiger charge is -2.25. The molecule has 0 aliphatic rings. The van der Waals surface area contributed by atoms with Crippen LogP contribution in [0.25, 0.3) is 0 Å². The molecule has 0 fully saturated rings. The second kappa shape index (κ2) is 17.0. The summed E-state index contributed by atoms with van der Waals surface area (Å²) in [5.74, 6) is 1.77. The molecule has 0 aliphatic carbocycles. The lowest BCUT2D eigenvalue weighted by Crippen LogP contribution is -2.06. The third-order valence-electron chi connectivity index (χ3n) is 9.71. The molecule has 48 heavy (non-hydrogen) atoms. The molecule has 4 aromatic carbocycles. The predicted octanol–water partition coefficient (Wildman–Crippen LogP) is 13.8. The first-order valence-electron chi connectivity index (χ1n) is 18.4. The first-order chi connectivity index (χ1) is 22.8. The number of rotatable bonds is 14. The Morgan fingerprint density at radius 2 is 0.750 bits per heavy atom. The molecule has 0 atom stereocenters. The van der Waals surface area contributed by atoms with E-state index in [2.05, 4.69) is 161 Å². The van der Waals surface area contributed by atoms with Gasteiger partial charge in [0.25, 0.3) is 0 Å². The van der Waals surface area contributed by atoms with E-state index in [0.717, 1.165) is 25.7 Å². The van der Waals surface area contributed by atoms with Gasteiger partial charge in [0.1, 0.15) is 0 Å². The zero-order valence-electron chi connectivity index (χ0n) is 31.7. The smallest absolute Gasteiger partial charge is 0.0698 e. The molecule has 0 radical (unpaired) electrons. The Bertz CT molecular complexity index is 1500. The third-order valence-corrected chi connectivity index (χ3v) is 9.71. The average Bonchev–Trinajstić information content (AvgIpc) is 3.06. The molecule has 0 saturated carbocycles. The van der Waals surface area contributed by atoms with Gasteiger partial charge in [0.05, 0.1) is 11.4 Å². The molecule has 254 valence electrons. The van der Waals surface area contributed by atoms with E-state index in [1.54, 1.807) is 0 Å². The SMILES string of the molecule is CC(CCc1ccccc1)=Nc1c(C(C)C)cc(C(C)c2cc(C(C)C)c(N=C(C)CCc3ccccc3)c(C(C)C)c2)cc1C(C)C. The maximum Gasteiger partial charge on any atom is 0.0698 e. The van der Waals surface area contributed by atoms with Crippen molar-refractivity contribution in [3.05, 3.63) is 129 Å². The molecule has 0 unspecified atom stereocenters. The van der Waals surface area contributed by atoms with Crippen LogP contribution in [0.5, 0.6) is 0 Å². The van der Waals surface area contributed by atoms with E-state index in [9.17, 15) is 0 Å². The van der Waals surface area contributed by atoms with Crippen LogP contribution in [0.15, 0.2) is 94.9 Å². The van der Waals surface area contributed by atoms with Gasteiger partial charge < -0.3 is 0 Å². The standard InChI is InChI=1S/C46H60N2/c1-30(2)41-26-39(27-42(31(3)4)45(41)47-34(9)22-24-37-18-14-12-15-19-37)36(11)40-28-43(32(5)6)46(44(29-40)33(7)8)48-35(10)23-25-38-20-16-13-17-21-38/h12-21,26-33,36H,22-25H2,1-11H3. The van der Waals surface area contributed by atoms with Crippen molar-refractivity contribution in [1.82, 2.24) is 0 Å². The Morgan fingerprint density at radius 3 is 1.02 bits per heavy atom. The second-order valence-electron chi connectivity index (χ2n) is 15.1. The van der Waals surface area contributed by atoms with Crippen molar-refractivity contribution in [1.29, 1.82) is 0 Å². The molecule has 0 heterocycles. The highest BCUT2D eigenvalue weighted by Gasteiger charge is 2.22. The topological polar surface area (TPSA) is 24.7 Å². The van der Waals surface area contributed by atoms with Crippen molar-refractivity contribution in [3.63, 3.8) is 0 Å². The molecule has 0 N–H and O–H groups in total. The van der Waals surface area contributed by atoms with E-state index in [4.69, 9.17) is 9.98 Å². The molecule has 0 saturated heterocycles. The van der Waals surface area contributed by atoms with Crippen LogP contribution < -0.4 is 0 Å². The Kier molecular flexibility index (Phi) is 13.2. The summed E-state index contributed by atoms with van der Waals surface area (Å²) >= 11 is 0. The minimum absolute atomic E-state index is 0.254. The van der Waals surface area contributed by atoms with Gasteiger partial charge in [0, 0.05) is 17.3 Å². The average molecular weight is 641 g/mol. The molecular weight excluding hydrogens is 581 g/mol. The van der Waals surface area contributed by atoms with E-state index in [1.807, 2.05) is 0 Å². The van der Waals surface area contributed by atoms with Crippen LogP contribution in [0.1, 0.15) is 163 Å². The zero-order valence-corrected chi connectivity index (χ0v) is 31.7. The molecule has 0 aliphatic heterocycles. The van der Waals surface area contributed by atoms with Crippen LogP contribution in [-0.4, -0.2) is 11.4 Å². The molecule has 4 aromatic rings. The monoisotopic (exact) mass is 640 g/mol. The Hall–Kier alpha value is -3.78. The van der Waals surface area contributed by atoms with Crippen LogP contribution >= 0.6 is 0 Å². The highest BCUT2D eigenvalue weighted by molar-refractivity contribution is 5.86. The summed E-state index contributed by atoms with van der Waals surface area (Å²) in [5, 5.41) is 0. The second-order valence-corrected chi connectivity index (χ2v) is 15.1. The largest absolute Gasteiger partial charge is 0.258 e. The zero-order chi connectivity index (χ0) is 35.0. The van der Waals surface area contributed by atoms with Gasteiger partial charge in [-0.2, -0.15) is 0 Å². The summed E-state index contributed by atoms with van der Waals surface area (Å²) < 4.78 is 0. The molecule has 0 aromatic heterocycles. The van der Waals surface area contributed by atoms with Gasteiger partial charge in [-0.15, -0.1) is 0 Å². The van der Waals surface area contributed by atoms with Crippen molar-refractivity contribution >= 4 is 22.8 Å². The summed E-state index contributed by atoms with van der Waals surface area (Å²) in [5.41, 5.74) is 15.7. The summed E-state index contributed by atoms with van der Waals surface area (Å²) in [7, 11) is 0. The van der Waals surface area contributed by atoms with Crippen molar-refractivity contribution in [2.45, 2.75) is 131 Å². The summed E-state index contributed by atoms with van der Waals surface area (Å²) in [4.78, 5) is 10.7. The van der Waals surface area contributed by atoms with Crippen LogP contribution in [0.3, 0.4) is 0 Å². The van der Waals surface area contributed by atoms with Crippen molar-refractivity contribution in [3.8, 4) is 0 Å². The fourth-order valence-electron chi connectivity index (χ4n) is 6.55. The predicted molar refractivity (Wildman–Crippen MR) is 212 cm³/mol. The summed E-state index contributed by atoms with van der Waals surface area (Å²) in [6.45, 7) is 25.3. The highest BCUT2D eigenvalue weighted by Crippen LogP contribution is 2.42. The van der Waals surface area contributed by atoms with Crippen LogP contribution in [0.4, 0.5) is 11.4 Å². The molecular formula is C46H60N2. The van der Waals surface area contributed by atoms with E-state index in [-0.39, 0.29) is 5.92 Å². The molecule has 2 nitrogen and oxygen atoms in total. The van der Waals surface area contributed by atoms with Gasteiger partial charge in [-0.1, -0.05) is 147 Å². The van der Waals surface area contributed by atoms with E-state index in [1.165, 1.54) is 67.3 Å². The van der Waals surface area contributed by atoms with Crippen molar-refractivity contribution in [2.75, 3.05) is 0 Å². The van der Waals surface area contributed by atoms with Crippen molar-refractivity contribution < 1.29 is 0 Å². The first-order valence-corrected chi connectivity index (χ1v) is 18.4. The Morgan fingerprint density at radius 1 is 0.458 bits per heavy atom. The normalized spacial score (nSPS) is 13.3. The lowest BCUT2D eigenvalue weighted by atomic mass is 9.82. The Balaban J connectivity index is 1.73. The van der Waals surface area contributed by atoms with E-state index < -0.39 is 0 Å². The maximum absolute atomic E-state index is 5.34. The number of hydrogen-bond acceptors (Lipinski definition) is 2. The number of aliphatic imine (C=N–C) groups is 2. The highest BCUT2D eigenvalue weighted by atomic mass is 14.8. The van der Waals surface area contributed by atoms with Crippen molar-refractivity contribution in [2.24, 2.45) is 9.98 Å². The van der Waals surface area contributed by atoms with Gasteiger partial charge in [-0.05, 0) is 108 Å². The molecule has 2 heteroatoms. The number of benzene rings is 4. The van der Waals surface area contributed by atoms with E-state index >= 15 is 0 Å². The molecule has 0 bridgehead atoms. The van der Waals surface area contributed by atoms with Gasteiger partial charge in [0.2, 0.25) is 0 Å². The first kappa shape index (κ1) is 37.0. The lowest BCUT2D eigenvalue weighted by molar-refractivity contribution is 0.803. The number of nitrogens with zero attached hydrogens (tertiary/aromatic N) is 2. The molecule has 4 rings (SSSR count). The fourth-order valence-corrected chi connectivity index (χ4v) is 6.55. The van der Waals surface area contributed by atoms with Gasteiger partial charge in [0.15, 0.2) is 0 Å². The molecule has 0 spiro atoms. The van der Waals surface area contributed by atoms with Gasteiger partial charge in [-0.3, -0.25) is 9.98 Å². The van der Waals surface area contributed by atoms with Crippen LogP contribution in [-0.2, 0) is 12.8 Å². The van der Waals surface area contributed by atoms with Gasteiger partial charge in [-0.25, -0.2) is 0 Å². The van der Waals surface area contributed by atoms with Crippen LogP contribution in [0.2, 0.25) is 0 Å². The quantitative estimate of drug-likeness (QED) is 0.123. The number of aryl methyl sites for hydroxylation is 2. The summed E-state index contributed by atoms with van der Waals surface area (Å²) in [6, 6.07) is 31.3. The van der Waals surface area contributed by atoms with Gasteiger partial charge >= 0.3 is 0 Å². The number of hydrogen-bond donors (Lipinski definition) is 0. The van der Waals surface area contributed by atoms with E-state index in [0.29, 0.717) is 23.7 Å². The van der Waals surface area contributed by atoms with Crippen LogP contribution in [0, 0.1) is 0 Å². The maximum atomic E-state index is 5.34. The Labute approximate surface area is 292 Å².